The predicted molar refractivity (Wildman–Crippen MR) is 216 cm³/mol. The number of anilines is 1. The van der Waals surface area contributed by atoms with Crippen molar-refractivity contribution in [3.05, 3.63) is 36.5 Å². The second kappa shape index (κ2) is 15.9. The lowest BCUT2D eigenvalue weighted by molar-refractivity contribution is -0.222. The van der Waals surface area contributed by atoms with E-state index in [1.165, 1.54) is 27.2 Å². The van der Waals surface area contributed by atoms with E-state index < -0.39 is 85.9 Å². The van der Waals surface area contributed by atoms with E-state index in [0.29, 0.717) is 56.1 Å². The topological polar surface area (TPSA) is 188 Å². The van der Waals surface area contributed by atoms with E-state index in [-0.39, 0.29) is 42.5 Å². The lowest BCUT2D eigenvalue weighted by atomic mass is 9.85. The van der Waals surface area contributed by atoms with Gasteiger partial charge in [-0.1, -0.05) is 26.0 Å². The highest BCUT2D eigenvalue weighted by atomic mass is 32.2. The van der Waals surface area contributed by atoms with Crippen molar-refractivity contribution in [1.29, 1.82) is 0 Å². The molecule has 3 heterocycles. The Labute approximate surface area is 348 Å². The number of carbonyl (C=O) groups excluding carboxylic acids is 3. The summed E-state index contributed by atoms with van der Waals surface area (Å²) < 4.78 is 83.7. The van der Waals surface area contributed by atoms with Gasteiger partial charge in [-0.3, -0.25) is 24.0 Å². The van der Waals surface area contributed by atoms with E-state index in [1.54, 1.807) is 12.1 Å². The van der Waals surface area contributed by atoms with Gasteiger partial charge in [-0.15, -0.1) is 0 Å². The Morgan fingerprint density at radius 2 is 1.78 bits per heavy atom. The van der Waals surface area contributed by atoms with Gasteiger partial charge in [0.2, 0.25) is 27.7 Å². The molecule has 1 aromatic carbocycles. The lowest BCUT2D eigenvalue weighted by Gasteiger charge is -2.45. The van der Waals surface area contributed by atoms with Crippen LogP contribution in [0.2, 0.25) is 0 Å². The highest BCUT2D eigenvalue weighted by molar-refractivity contribution is 7.91. The molecule has 330 valence electrons. The molecule has 15 nitrogen and oxygen atoms in total. The van der Waals surface area contributed by atoms with Gasteiger partial charge in [0.25, 0.3) is 5.91 Å². The number of carboxylic acid groups (broad SMARTS) is 1. The first-order valence-electron chi connectivity index (χ1n) is 20.1. The van der Waals surface area contributed by atoms with E-state index >= 15 is 4.79 Å². The van der Waals surface area contributed by atoms with Crippen molar-refractivity contribution < 1.29 is 55.3 Å². The molecule has 19 heteroatoms. The van der Waals surface area contributed by atoms with Gasteiger partial charge in [0.15, 0.2) is 0 Å². The van der Waals surface area contributed by atoms with E-state index in [2.05, 4.69) is 15.0 Å². The third-order valence-corrected chi connectivity index (χ3v) is 15.0. The number of ether oxygens (including phenoxy) is 2. The number of pyridine rings is 1. The predicted octanol–water partition coefficient (Wildman–Crippen LogP) is 5.23. The van der Waals surface area contributed by atoms with Crippen molar-refractivity contribution in [3.63, 3.8) is 0 Å². The zero-order valence-electron chi connectivity index (χ0n) is 35.1. The summed E-state index contributed by atoms with van der Waals surface area (Å²) >= 11 is 0. The Bertz CT molecular complexity index is 2180. The zero-order valence-corrected chi connectivity index (χ0v) is 35.9. The molecule has 1 saturated heterocycles. The Morgan fingerprint density at radius 3 is 2.38 bits per heavy atom. The minimum absolute atomic E-state index is 0.0480. The SMILES string of the molecule is COc1cnc(O[C@@H]2C[C@H]3C(=O)N[C@]4(C(=O)NS(=O)(=O)C5(C)CC5)C[C@H]4/C=C\CC[C@@H](C)C[C@@H](C)[C@H](N(C(=O)O)C(C)(C)C(F)(F)F)C(=O)N3C2)c2ccc(N(C)C)cc12. The fraction of sp³-hybridized carbons (Fsp3) is 0.634. The maximum atomic E-state index is 15.1. The third kappa shape index (κ3) is 8.29. The number of fused-ring (bicyclic) bond motifs is 3. The highest BCUT2D eigenvalue weighted by Gasteiger charge is 2.64. The molecule has 0 unspecified atom stereocenters. The number of nitrogens with zero attached hydrogens (tertiary/aromatic N) is 4. The van der Waals surface area contributed by atoms with Crippen molar-refractivity contribution in [3.8, 4) is 11.6 Å². The fourth-order valence-electron chi connectivity index (χ4n) is 8.46. The molecular formula is C41H55F3N6O9S. The number of hydrogen-bond acceptors (Lipinski definition) is 10. The van der Waals surface area contributed by atoms with Crippen LogP contribution in [-0.2, 0) is 24.4 Å². The normalized spacial score (nSPS) is 28.9. The second-order valence-electron chi connectivity index (χ2n) is 17.9. The van der Waals surface area contributed by atoms with Gasteiger partial charge in [-0.05, 0) is 89.3 Å². The number of benzene rings is 1. The minimum Gasteiger partial charge on any atom is -0.494 e. The van der Waals surface area contributed by atoms with Crippen LogP contribution < -0.4 is 24.4 Å². The number of sulfonamides is 1. The average Bonchev–Trinajstić information content (AvgIpc) is 4.04. The Kier molecular flexibility index (Phi) is 11.9. The van der Waals surface area contributed by atoms with E-state index in [1.807, 2.05) is 44.1 Å². The van der Waals surface area contributed by atoms with Gasteiger partial charge >= 0.3 is 12.3 Å². The summed E-state index contributed by atoms with van der Waals surface area (Å²) in [7, 11) is 1.09. The minimum atomic E-state index is -5.10. The maximum absolute atomic E-state index is 15.1. The van der Waals surface area contributed by atoms with Crippen molar-refractivity contribution >= 4 is 50.3 Å². The molecule has 0 bridgehead atoms. The molecule has 3 N–H and O–H groups in total. The van der Waals surface area contributed by atoms with Gasteiger partial charge in [0.1, 0.15) is 35.0 Å². The molecule has 60 heavy (non-hydrogen) atoms. The summed E-state index contributed by atoms with van der Waals surface area (Å²) in [6.45, 7) is 5.92. The highest BCUT2D eigenvalue weighted by Crippen LogP contribution is 2.48. The number of amides is 4. The molecule has 1 aromatic heterocycles. The molecule has 0 spiro atoms. The zero-order chi connectivity index (χ0) is 44.3. The molecule has 7 atom stereocenters. The van der Waals surface area contributed by atoms with Crippen LogP contribution in [0.4, 0.5) is 23.7 Å². The summed E-state index contributed by atoms with van der Waals surface area (Å²) in [6.07, 6.45) is -1.43. The number of nitrogens with one attached hydrogen (secondary N) is 2. The van der Waals surface area contributed by atoms with Crippen molar-refractivity contribution in [2.45, 2.75) is 120 Å². The van der Waals surface area contributed by atoms with Gasteiger partial charge in [0.05, 0.1) is 24.6 Å². The molecule has 4 amide bonds. The molecule has 3 fully saturated rings. The smallest absolute Gasteiger partial charge is 0.411 e. The van der Waals surface area contributed by atoms with Crippen LogP contribution >= 0.6 is 0 Å². The first kappa shape index (κ1) is 44.7. The Morgan fingerprint density at radius 1 is 1.10 bits per heavy atom. The monoisotopic (exact) mass is 864 g/mol. The molecule has 0 radical (unpaired) electrons. The first-order chi connectivity index (χ1) is 27.9. The maximum Gasteiger partial charge on any atom is 0.411 e. The number of allylic oxidation sites excluding steroid dienone is 1. The van der Waals surface area contributed by atoms with Crippen molar-refractivity contribution in [2.24, 2.45) is 17.8 Å². The first-order valence-corrected chi connectivity index (χ1v) is 21.6. The van der Waals surface area contributed by atoms with Crippen LogP contribution in [0.25, 0.3) is 10.8 Å². The molecular weight excluding hydrogens is 810 g/mol. The standard InChI is InChI=1S/C41H55F3N6O9S/c1-23-11-9-10-12-25-20-40(25,36(53)47-60(56,57)39(5)15-16-39)46-33(51)30-19-27(59-34-28-14-13-26(48(6)7)18-29(28)31(58-8)21-45-34)22-49(30)35(52)32(24(2)17-23)50(37(54)55)38(3,4)41(42,43)44/h10,12-14,18,21,23-25,27,30,32H,9,11,15-17,19-20,22H2,1-8H3,(H,46,51)(H,47,53)(H,54,55)/b12-10-/t23-,24-,25-,27-,30+,32+,40-/m1/s1. The summed E-state index contributed by atoms with van der Waals surface area (Å²) in [6, 6.07) is 2.07. The summed E-state index contributed by atoms with van der Waals surface area (Å²) in [5, 5.41) is 14.4. The van der Waals surface area contributed by atoms with Crippen LogP contribution in [0.1, 0.15) is 79.6 Å². The van der Waals surface area contributed by atoms with Crippen LogP contribution in [0.5, 0.6) is 11.6 Å². The largest absolute Gasteiger partial charge is 0.494 e. The van der Waals surface area contributed by atoms with Gasteiger partial charge in [-0.25, -0.2) is 18.2 Å². The van der Waals surface area contributed by atoms with Gasteiger partial charge in [-0.2, -0.15) is 13.2 Å². The molecule has 6 rings (SSSR count). The molecule has 2 aliphatic carbocycles. The number of alkyl halides is 3. The van der Waals surface area contributed by atoms with E-state index in [0.717, 1.165) is 10.6 Å². The summed E-state index contributed by atoms with van der Waals surface area (Å²) in [5.74, 6) is -4.08. The quantitative estimate of drug-likeness (QED) is 0.280. The van der Waals surface area contributed by atoms with Crippen LogP contribution in [0, 0.1) is 17.8 Å². The Balaban J connectivity index is 1.44. The fourth-order valence-corrected chi connectivity index (χ4v) is 9.77. The van der Waals surface area contributed by atoms with Crippen LogP contribution in [-0.4, -0.2) is 120 Å². The lowest BCUT2D eigenvalue weighted by Crippen LogP contribution is -2.66. The van der Waals surface area contributed by atoms with E-state index in [9.17, 15) is 41.1 Å². The molecule has 2 saturated carbocycles. The number of methoxy groups -OCH3 is 1. The molecule has 2 aromatic rings. The third-order valence-electron chi connectivity index (χ3n) is 12.8. The van der Waals surface area contributed by atoms with Gasteiger partial charge in [0, 0.05) is 42.9 Å². The van der Waals surface area contributed by atoms with Crippen molar-refractivity contribution in [2.75, 3.05) is 32.6 Å². The molecule has 2 aliphatic heterocycles. The van der Waals surface area contributed by atoms with Crippen molar-refractivity contribution in [1.82, 2.24) is 24.8 Å². The average molecular weight is 865 g/mol. The van der Waals surface area contributed by atoms with E-state index in [4.69, 9.17) is 9.47 Å². The molecule has 4 aliphatic rings. The van der Waals surface area contributed by atoms with Crippen LogP contribution in [0.3, 0.4) is 0 Å². The summed E-state index contributed by atoms with van der Waals surface area (Å²) in [4.78, 5) is 64.2. The van der Waals surface area contributed by atoms with Gasteiger partial charge < -0.3 is 29.7 Å². The Hall–Kier alpha value is -4.81. The second-order valence-corrected chi connectivity index (χ2v) is 20.1. The number of halogens is 3. The number of carbonyl (C=O) groups is 4. The van der Waals surface area contributed by atoms with Crippen LogP contribution in [0.15, 0.2) is 36.5 Å². The number of rotatable bonds is 9. The number of aromatic nitrogens is 1. The number of hydrogen-bond donors (Lipinski definition) is 3. The summed E-state index contributed by atoms with van der Waals surface area (Å²) in [5.41, 5.74) is -3.92.